The summed E-state index contributed by atoms with van der Waals surface area (Å²) in [4.78, 5) is 4.58. The van der Waals surface area contributed by atoms with Crippen LogP contribution in [-0.2, 0) is 0 Å². The number of hydrogen-bond acceptors (Lipinski definition) is 5. The Kier molecular flexibility index (Phi) is 5.77. The summed E-state index contributed by atoms with van der Waals surface area (Å²) >= 11 is 8.11. The average Bonchev–Trinajstić information content (AvgIpc) is 3.13. The van der Waals surface area contributed by atoms with Crippen LogP contribution in [0.15, 0.2) is 50.7 Å². The molecule has 2 aromatic carbocycles. The molecule has 0 atom stereocenters. The molecule has 4 nitrogen and oxygen atoms in total. The first-order chi connectivity index (χ1) is 12.5. The molecule has 130 valence electrons. The van der Waals surface area contributed by atoms with Crippen molar-refractivity contribution in [2.75, 3.05) is 7.11 Å². The maximum atomic E-state index is 9.91. The van der Waals surface area contributed by atoms with Gasteiger partial charge >= 0.3 is 0 Å². The van der Waals surface area contributed by atoms with Gasteiger partial charge in [0.2, 0.25) is 0 Å². The van der Waals surface area contributed by atoms with E-state index in [1.807, 2.05) is 29.6 Å². The number of halogens is 2. The topological polar surface area (TPSA) is 66.1 Å². The zero-order chi connectivity index (χ0) is 18.7. The normalized spacial score (nSPS) is 11.2. The molecule has 0 fully saturated rings. The van der Waals surface area contributed by atoms with E-state index in [9.17, 15) is 10.4 Å². The van der Waals surface area contributed by atoms with Crippen LogP contribution in [0.5, 0.6) is 11.5 Å². The highest BCUT2D eigenvalue weighted by molar-refractivity contribution is 9.10. The quantitative estimate of drug-likeness (QED) is 0.447. The SMILES string of the molecule is COc1cc(C=C(C#N)c2nc(-c3ccc(Br)cc3)cs2)cc(Br)c1O. The van der Waals surface area contributed by atoms with Gasteiger partial charge in [0.25, 0.3) is 0 Å². The third kappa shape index (κ3) is 3.98. The molecule has 26 heavy (non-hydrogen) atoms. The number of ether oxygens (including phenoxy) is 1. The molecule has 3 aromatic rings. The summed E-state index contributed by atoms with van der Waals surface area (Å²) in [6.45, 7) is 0. The van der Waals surface area contributed by atoms with Crippen LogP contribution in [-0.4, -0.2) is 17.2 Å². The molecule has 3 rings (SSSR count). The van der Waals surface area contributed by atoms with Crippen LogP contribution in [0, 0.1) is 11.3 Å². The fourth-order valence-electron chi connectivity index (χ4n) is 2.29. The van der Waals surface area contributed by atoms with E-state index in [4.69, 9.17) is 4.74 Å². The lowest BCUT2D eigenvalue weighted by Crippen LogP contribution is -1.87. The van der Waals surface area contributed by atoms with Gasteiger partial charge in [0, 0.05) is 15.4 Å². The van der Waals surface area contributed by atoms with Crippen LogP contribution in [0.1, 0.15) is 10.6 Å². The second-order valence-corrected chi connectivity index (χ2v) is 7.90. The smallest absolute Gasteiger partial charge is 0.172 e. The predicted octanol–water partition coefficient (Wildman–Crippen LogP) is 6.11. The molecule has 0 spiro atoms. The van der Waals surface area contributed by atoms with Crippen LogP contribution in [0.2, 0.25) is 0 Å². The summed E-state index contributed by atoms with van der Waals surface area (Å²) in [6.07, 6.45) is 1.72. The lowest BCUT2D eigenvalue weighted by atomic mass is 10.1. The Labute approximate surface area is 171 Å². The predicted molar refractivity (Wildman–Crippen MR) is 111 cm³/mol. The molecule has 1 aromatic heterocycles. The lowest BCUT2D eigenvalue weighted by molar-refractivity contribution is 0.372. The van der Waals surface area contributed by atoms with E-state index in [0.29, 0.717) is 20.8 Å². The van der Waals surface area contributed by atoms with E-state index >= 15 is 0 Å². The molecule has 7 heteroatoms. The summed E-state index contributed by atoms with van der Waals surface area (Å²) in [5.41, 5.74) is 2.98. The van der Waals surface area contributed by atoms with Crippen molar-refractivity contribution < 1.29 is 9.84 Å². The van der Waals surface area contributed by atoms with E-state index in [1.54, 1.807) is 18.2 Å². The highest BCUT2D eigenvalue weighted by atomic mass is 79.9. The Balaban J connectivity index is 1.97. The molecule has 0 saturated carbocycles. The summed E-state index contributed by atoms with van der Waals surface area (Å²) in [5, 5.41) is 22.0. The molecule has 0 amide bonds. The van der Waals surface area contributed by atoms with Gasteiger partial charge in [-0.05, 0) is 51.8 Å². The maximum Gasteiger partial charge on any atom is 0.172 e. The van der Waals surface area contributed by atoms with Crippen molar-refractivity contribution in [1.29, 1.82) is 5.26 Å². The van der Waals surface area contributed by atoms with Crippen LogP contribution in [0.3, 0.4) is 0 Å². The van der Waals surface area contributed by atoms with E-state index in [1.165, 1.54) is 18.4 Å². The van der Waals surface area contributed by atoms with Crippen molar-refractivity contribution in [2.24, 2.45) is 0 Å². The van der Waals surface area contributed by atoms with E-state index < -0.39 is 0 Å². The van der Waals surface area contributed by atoms with Gasteiger partial charge < -0.3 is 9.84 Å². The lowest BCUT2D eigenvalue weighted by Gasteiger charge is -2.06. The Morgan fingerprint density at radius 1 is 1.27 bits per heavy atom. The maximum absolute atomic E-state index is 9.91. The molecular weight excluding hydrogens is 480 g/mol. The van der Waals surface area contributed by atoms with E-state index in [2.05, 4.69) is 42.9 Å². The zero-order valence-electron chi connectivity index (χ0n) is 13.5. The number of benzene rings is 2. The van der Waals surface area contributed by atoms with E-state index in [-0.39, 0.29) is 5.75 Å². The third-order valence-electron chi connectivity index (χ3n) is 3.58. The van der Waals surface area contributed by atoms with Crippen molar-refractivity contribution in [1.82, 2.24) is 4.98 Å². The molecule has 0 aliphatic rings. The number of allylic oxidation sites excluding steroid dienone is 1. The highest BCUT2D eigenvalue weighted by Gasteiger charge is 2.12. The molecule has 0 bridgehead atoms. The van der Waals surface area contributed by atoms with Gasteiger partial charge in [-0.25, -0.2) is 4.98 Å². The van der Waals surface area contributed by atoms with Crippen molar-refractivity contribution in [3.63, 3.8) is 0 Å². The number of aromatic hydroxyl groups is 1. The standard InChI is InChI=1S/C19H12Br2N2O2S/c1-25-17-8-11(7-15(21)18(17)24)6-13(9-22)19-23-16(10-26-19)12-2-4-14(20)5-3-12/h2-8,10,24H,1H3. The second kappa shape index (κ2) is 8.04. The van der Waals surface area contributed by atoms with Crippen LogP contribution >= 0.6 is 43.2 Å². The van der Waals surface area contributed by atoms with Crippen LogP contribution in [0.4, 0.5) is 0 Å². The number of nitriles is 1. The molecular formula is C19H12Br2N2O2S. The van der Waals surface area contributed by atoms with Crippen molar-refractivity contribution in [3.8, 4) is 28.8 Å². The summed E-state index contributed by atoms with van der Waals surface area (Å²) in [6, 6.07) is 13.4. The number of hydrogen-bond donors (Lipinski definition) is 1. The van der Waals surface area contributed by atoms with Gasteiger partial charge in [0.15, 0.2) is 11.5 Å². The molecule has 0 saturated heterocycles. The minimum absolute atomic E-state index is 0.0231. The number of methoxy groups -OCH3 is 1. The number of nitrogens with zero attached hydrogens (tertiary/aromatic N) is 2. The summed E-state index contributed by atoms with van der Waals surface area (Å²) < 4.78 is 6.65. The van der Waals surface area contributed by atoms with E-state index in [0.717, 1.165) is 21.3 Å². The largest absolute Gasteiger partial charge is 0.503 e. The first kappa shape index (κ1) is 18.6. The Bertz CT molecular complexity index is 1020. The molecule has 1 heterocycles. The van der Waals surface area contributed by atoms with Gasteiger partial charge in [-0.2, -0.15) is 5.26 Å². The minimum atomic E-state index is 0.0231. The monoisotopic (exact) mass is 490 g/mol. The number of phenols is 1. The number of rotatable bonds is 4. The highest BCUT2D eigenvalue weighted by Crippen LogP contribution is 2.36. The van der Waals surface area contributed by atoms with Crippen LogP contribution < -0.4 is 4.74 Å². The number of thiazole rings is 1. The zero-order valence-corrected chi connectivity index (χ0v) is 17.5. The van der Waals surface area contributed by atoms with Crippen molar-refractivity contribution in [2.45, 2.75) is 0 Å². The Morgan fingerprint density at radius 2 is 2.00 bits per heavy atom. The molecule has 0 unspecified atom stereocenters. The number of aromatic nitrogens is 1. The molecule has 0 aliphatic heterocycles. The first-order valence-corrected chi connectivity index (χ1v) is 9.88. The van der Waals surface area contributed by atoms with Gasteiger partial charge in [-0.15, -0.1) is 11.3 Å². The van der Waals surface area contributed by atoms with Gasteiger partial charge in [-0.3, -0.25) is 0 Å². The third-order valence-corrected chi connectivity index (χ3v) is 5.59. The minimum Gasteiger partial charge on any atom is -0.503 e. The van der Waals surface area contributed by atoms with Gasteiger partial charge in [-0.1, -0.05) is 28.1 Å². The van der Waals surface area contributed by atoms with Crippen LogP contribution in [0.25, 0.3) is 22.9 Å². The first-order valence-electron chi connectivity index (χ1n) is 7.42. The average molecular weight is 492 g/mol. The van der Waals surface area contributed by atoms with Crippen molar-refractivity contribution in [3.05, 3.63) is 61.3 Å². The fraction of sp³-hybridized carbons (Fsp3) is 0.0526. The summed E-state index contributed by atoms with van der Waals surface area (Å²) in [5.74, 6) is 0.354. The molecule has 0 radical (unpaired) electrons. The van der Waals surface area contributed by atoms with Gasteiger partial charge in [0.05, 0.1) is 22.8 Å². The fourth-order valence-corrected chi connectivity index (χ4v) is 3.81. The van der Waals surface area contributed by atoms with Gasteiger partial charge in [0.1, 0.15) is 11.1 Å². The Hall–Kier alpha value is -2.14. The van der Waals surface area contributed by atoms with Crippen molar-refractivity contribution >= 4 is 54.8 Å². The molecule has 1 N–H and O–H groups in total. The summed E-state index contributed by atoms with van der Waals surface area (Å²) in [7, 11) is 1.48. The second-order valence-electron chi connectivity index (χ2n) is 5.27. The molecule has 0 aliphatic carbocycles. The number of phenolic OH excluding ortho intramolecular Hbond substituents is 1. The Morgan fingerprint density at radius 3 is 2.65 bits per heavy atom.